The molecule has 0 spiro atoms. The van der Waals surface area contributed by atoms with Crippen molar-refractivity contribution in [3.05, 3.63) is 35.3 Å². The molecule has 0 saturated heterocycles. The van der Waals surface area contributed by atoms with Gasteiger partial charge < -0.3 is 20.5 Å². The fourth-order valence-electron chi connectivity index (χ4n) is 3.07. The van der Waals surface area contributed by atoms with Gasteiger partial charge in [0.2, 0.25) is 5.88 Å². The number of ether oxygens (including phenoxy) is 2. The van der Waals surface area contributed by atoms with E-state index < -0.39 is 0 Å². The highest BCUT2D eigenvalue weighted by Crippen LogP contribution is 2.20. The Kier molecular flexibility index (Phi) is 6.82. The molecule has 9 heteroatoms. The zero-order chi connectivity index (χ0) is 20.8. The van der Waals surface area contributed by atoms with E-state index in [1.807, 2.05) is 27.1 Å². The summed E-state index contributed by atoms with van der Waals surface area (Å²) in [6.07, 6.45) is 6.14. The Hall–Kier alpha value is -2.94. The number of nitrogens with zero attached hydrogens (tertiary/aromatic N) is 5. The number of imidazole rings is 1. The van der Waals surface area contributed by atoms with Crippen LogP contribution >= 0.6 is 0 Å². The number of likely N-dealkylation sites (N-methyl/N-ethyl adjacent to an activating group) is 1. The number of nitrogens with one attached hydrogen (secondary N) is 1. The largest absolute Gasteiger partial charge is 0.476 e. The summed E-state index contributed by atoms with van der Waals surface area (Å²) in [5.74, 6) is 0.946. The van der Waals surface area contributed by atoms with E-state index >= 15 is 0 Å². The maximum Gasteiger partial charge on any atom is 0.336 e. The van der Waals surface area contributed by atoms with Gasteiger partial charge in [0, 0.05) is 24.7 Å². The molecular formula is C20H29N7O2. The van der Waals surface area contributed by atoms with E-state index in [1.54, 1.807) is 10.7 Å². The van der Waals surface area contributed by atoms with Crippen molar-refractivity contribution in [2.24, 2.45) is 0 Å². The third-order valence-electron chi connectivity index (χ3n) is 4.50. The van der Waals surface area contributed by atoms with E-state index in [0.29, 0.717) is 30.4 Å². The molecule has 0 saturated carbocycles. The van der Waals surface area contributed by atoms with Gasteiger partial charge in [-0.05, 0) is 38.9 Å². The summed E-state index contributed by atoms with van der Waals surface area (Å²) >= 11 is 0. The van der Waals surface area contributed by atoms with Crippen molar-refractivity contribution >= 4 is 11.5 Å². The van der Waals surface area contributed by atoms with Crippen LogP contribution in [0.5, 0.6) is 11.9 Å². The van der Waals surface area contributed by atoms with Gasteiger partial charge in [0.05, 0.1) is 18.0 Å². The predicted molar refractivity (Wildman–Crippen MR) is 111 cm³/mol. The molecule has 0 amide bonds. The number of fused-ring (bicyclic) bond motifs is 1. The highest BCUT2D eigenvalue weighted by molar-refractivity contribution is 5.59. The number of anilines is 1. The van der Waals surface area contributed by atoms with Crippen LogP contribution in [0.25, 0.3) is 5.65 Å². The Morgan fingerprint density at radius 3 is 2.83 bits per heavy atom. The van der Waals surface area contributed by atoms with Crippen LogP contribution in [0.3, 0.4) is 0 Å². The summed E-state index contributed by atoms with van der Waals surface area (Å²) < 4.78 is 13.2. The lowest BCUT2D eigenvalue weighted by atomic mass is 10.1. The average molecular weight is 399 g/mol. The molecule has 0 aliphatic heterocycles. The summed E-state index contributed by atoms with van der Waals surface area (Å²) in [6.45, 7) is 7.44. The predicted octanol–water partition coefficient (Wildman–Crippen LogP) is 2.17. The Morgan fingerprint density at radius 1 is 1.28 bits per heavy atom. The van der Waals surface area contributed by atoms with Crippen molar-refractivity contribution in [3.8, 4) is 11.9 Å². The number of hydrogen-bond donors (Lipinski definition) is 2. The van der Waals surface area contributed by atoms with E-state index in [4.69, 9.17) is 15.2 Å². The maximum absolute atomic E-state index is 6.07. The quantitative estimate of drug-likeness (QED) is 0.499. The van der Waals surface area contributed by atoms with E-state index in [-0.39, 0.29) is 12.1 Å². The lowest BCUT2D eigenvalue weighted by molar-refractivity contribution is 0.189. The zero-order valence-electron chi connectivity index (χ0n) is 17.5. The molecule has 3 aromatic rings. The van der Waals surface area contributed by atoms with Crippen molar-refractivity contribution in [1.29, 1.82) is 0 Å². The van der Waals surface area contributed by atoms with E-state index in [0.717, 1.165) is 36.2 Å². The number of aromatic nitrogens is 5. The molecule has 3 rings (SSSR count). The minimum absolute atomic E-state index is 0.0196. The third kappa shape index (κ3) is 5.11. The molecule has 0 aromatic carbocycles. The Labute approximate surface area is 170 Å². The van der Waals surface area contributed by atoms with Crippen molar-refractivity contribution in [3.63, 3.8) is 0 Å². The molecule has 0 fully saturated rings. The molecule has 0 aliphatic carbocycles. The fraction of sp³-hybridized carbons (Fsp3) is 0.500. The van der Waals surface area contributed by atoms with Gasteiger partial charge in [-0.25, -0.2) is 14.5 Å². The number of nitrogen functional groups attached to an aromatic ring is 1. The molecule has 1 atom stereocenters. The Bertz CT molecular complexity index is 957. The normalized spacial score (nSPS) is 12.3. The molecule has 3 heterocycles. The first-order valence-electron chi connectivity index (χ1n) is 9.91. The van der Waals surface area contributed by atoms with E-state index in [1.165, 1.54) is 0 Å². The lowest BCUT2D eigenvalue weighted by Crippen LogP contribution is -2.16. The number of aryl methyl sites for hydroxylation is 1. The summed E-state index contributed by atoms with van der Waals surface area (Å²) in [5, 5.41) is 7.54. The van der Waals surface area contributed by atoms with Crippen molar-refractivity contribution < 1.29 is 9.47 Å². The molecule has 9 nitrogen and oxygen atoms in total. The van der Waals surface area contributed by atoms with Crippen LogP contribution in [-0.4, -0.2) is 50.9 Å². The standard InChI is InChI=1S/C20H29N7O2/c1-5-6-14(3)29-20-25-17(21)18-23-12-16(27(18)26-20)10-15-9-13(2)19(24-11-15)28-8-7-22-4/h9,11-12,14,22H,5-8,10H2,1-4H3,(H2,21,25,26). The van der Waals surface area contributed by atoms with Gasteiger partial charge in [-0.15, -0.1) is 5.10 Å². The number of hydrogen-bond acceptors (Lipinski definition) is 8. The van der Waals surface area contributed by atoms with Crippen LogP contribution in [0.15, 0.2) is 18.5 Å². The molecule has 1 unspecified atom stereocenters. The number of pyridine rings is 1. The van der Waals surface area contributed by atoms with E-state index in [9.17, 15) is 0 Å². The molecule has 0 bridgehead atoms. The Morgan fingerprint density at radius 2 is 2.10 bits per heavy atom. The van der Waals surface area contributed by atoms with Gasteiger partial charge in [-0.3, -0.25) is 0 Å². The average Bonchev–Trinajstić information content (AvgIpc) is 3.07. The van der Waals surface area contributed by atoms with Gasteiger partial charge in [0.15, 0.2) is 11.5 Å². The van der Waals surface area contributed by atoms with Gasteiger partial charge in [-0.1, -0.05) is 13.3 Å². The monoisotopic (exact) mass is 399 g/mol. The number of rotatable bonds is 10. The minimum Gasteiger partial charge on any atom is -0.476 e. The first kappa shape index (κ1) is 20.8. The molecular weight excluding hydrogens is 370 g/mol. The highest BCUT2D eigenvalue weighted by Gasteiger charge is 2.14. The molecule has 3 aromatic heterocycles. The lowest BCUT2D eigenvalue weighted by Gasteiger charge is -2.13. The summed E-state index contributed by atoms with van der Waals surface area (Å²) in [5.41, 5.74) is 9.49. The second kappa shape index (κ2) is 9.51. The highest BCUT2D eigenvalue weighted by atomic mass is 16.5. The van der Waals surface area contributed by atoms with Gasteiger partial charge in [0.1, 0.15) is 6.61 Å². The first-order chi connectivity index (χ1) is 14.0. The fourth-order valence-corrected chi connectivity index (χ4v) is 3.07. The van der Waals surface area contributed by atoms with Gasteiger partial charge in [0.25, 0.3) is 0 Å². The third-order valence-corrected chi connectivity index (χ3v) is 4.50. The van der Waals surface area contributed by atoms with Crippen molar-refractivity contribution in [1.82, 2.24) is 29.9 Å². The van der Waals surface area contributed by atoms with Crippen LogP contribution in [0.2, 0.25) is 0 Å². The molecule has 0 aliphatic rings. The van der Waals surface area contributed by atoms with Crippen LogP contribution in [-0.2, 0) is 6.42 Å². The number of nitrogens with two attached hydrogens (primary N) is 1. The van der Waals surface area contributed by atoms with Crippen LogP contribution in [0.4, 0.5) is 5.82 Å². The van der Waals surface area contributed by atoms with E-state index in [2.05, 4.69) is 38.4 Å². The summed E-state index contributed by atoms with van der Waals surface area (Å²) in [4.78, 5) is 13.0. The second-order valence-corrected chi connectivity index (χ2v) is 7.08. The van der Waals surface area contributed by atoms with Crippen molar-refractivity contribution in [2.75, 3.05) is 25.9 Å². The zero-order valence-corrected chi connectivity index (χ0v) is 17.5. The molecule has 3 N–H and O–H groups in total. The first-order valence-corrected chi connectivity index (χ1v) is 9.91. The molecule has 156 valence electrons. The topological polar surface area (TPSA) is 112 Å². The molecule has 0 radical (unpaired) electrons. The second-order valence-electron chi connectivity index (χ2n) is 7.08. The smallest absolute Gasteiger partial charge is 0.336 e. The minimum atomic E-state index is 0.0196. The molecule has 29 heavy (non-hydrogen) atoms. The summed E-state index contributed by atoms with van der Waals surface area (Å²) in [6, 6.07) is 2.32. The van der Waals surface area contributed by atoms with Crippen LogP contribution < -0.4 is 20.5 Å². The van der Waals surface area contributed by atoms with Crippen molar-refractivity contribution in [2.45, 2.75) is 46.1 Å². The SMILES string of the molecule is CCCC(C)Oc1nc(N)c2ncc(Cc3cnc(OCCNC)c(C)c3)n2n1. The Balaban J connectivity index is 1.81. The summed E-state index contributed by atoms with van der Waals surface area (Å²) in [7, 11) is 1.89. The maximum atomic E-state index is 6.07. The van der Waals surface area contributed by atoms with Gasteiger partial charge in [-0.2, -0.15) is 4.98 Å². The van der Waals surface area contributed by atoms with Gasteiger partial charge >= 0.3 is 6.01 Å². The van der Waals surface area contributed by atoms with Crippen LogP contribution in [0, 0.1) is 6.92 Å². The van der Waals surface area contributed by atoms with Crippen LogP contribution in [0.1, 0.15) is 43.5 Å².